The molecule has 1 saturated carbocycles. The number of β-amino-alcohol motifs (C(OH)–C–C–N with tert-alkyl or cyclic N) is 1. The van der Waals surface area contributed by atoms with Crippen molar-refractivity contribution < 1.29 is 14.6 Å². The van der Waals surface area contributed by atoms with E-state index in [9.17, 15) is 20.4 Å². The SMILES string of the molecule is CN(C)CCOC(=O)NC1CCN(c2cc(C#N)cc(Nc3nc(NC4CC4)c4ncc(C#N)n4n3)c2Cl)CC1O. The van der Waals surface area contributed by atoms with Crippen molar-refractivity contribution in [2.75, 3.05) is 55.9 Å². The number of alkyl carbamates (subject to hydrolysis) is 1. The minimum atomic E-state index is -0.893. The molecule has 41 heavy (non-hydrogen) atoms. The number of rotatable bonds is 9. The molecular formula is C26H30ClN11O3. The molecule has 2 fully saturated rings. The summed E-state index contributed by atoms with van der Waals surface area (Å²) < 4.78 is 6.59. The van der Waals surface area contributed by atoms with Gasteiger partial charge in [-0.25, -0.2) is 9.78 Å². The van der Waals surface area contributed by atoms with Gasteiger partial charge in [0.15, 0.2) is 17.2 Å². The Morgan fingerprint density at radius 2 is 2.07 bits per heavy atom. The topological polar surface area (TPSA) is 180 Å². The maximum absolute atomic E-state index is 12.2. The molecule has 3 heterocycles. The number of nitrogens with one attached hydrogen (secondary N) is 3. The summed E-state index contributed by atoms with van der Waals surface area (Å²) in [6.07, 6.45) is 2.43. The van der Waals surface area contributed by atoms with Gasteiger partial charge in [0.25, 0.3) is 0 Å². The number of carbonyl (C=O) groups excluding carboxylic acids is 1. The number of likely N-dealkylation sites (N-methyl/N-ethyl adjacent to an activating group) is 1. The molecule has 1 amide bonds. The first-order chi connectivity index (χ1) is 19.7. The molecule has 14 nitrogen and oxygen atoms in total. The summed E-state index contributed by atoms with van der Waals surface area (Å²) in [5, 5.41) is 43.9. The first-order valence-electron chi connectivity index (χ1n) is 13.2. The van der Waals surface area contributed by atoms with Crippen LogP contribution in [0.1, 0.15) is 30.5 Å². The van der Waals surface area contributed by atoms with Crippen LogP contribution in [0.25, 0.3) is 5.65 Å². The van der Waals surface area contributed by atoms with E-state index in [0.717, 1.165) is 12.8 Å². The third-order valence-corrected chi connectivity index (χ3v) is 7.22. The second-order valence-electron chi connectivity index (χ2n) is 10.3. The number of halogens is 1. The normalized spacial score (nSPS) is 18.6. The number of benzene rings is 1. The van der Waals surface area contributed by atoms with Crippen LogP contribution in [0.15, 0.2) is 18.3 Å². The summed E-state index contributed by atoms with van der Waals surface area (Å²) in [7, 11) is 3.76. The summed E-state index contributed by atoms with van der Waals surface area (Å²) in [5.74, 6) is 0.644. The Kier molecular flexibility index (Phi) is 8.26. The molecule has 0 spiro atoms. The van der Waals surface area contributed by atoms with Crippen molar-refractivity contribution in [3.63, 3.8) is 0 Å². The highest BCUT2D eigenvalue weighted by molar-refractivity contribution is 6.36. The van der Waals surface area contributed by atoms with Crippen LogP contribution >= 0.6 is 11.6 Å². The van der Waals surface area contributed by atoms with Crippen molar-refractivity contribution in [2.24, 2.45) is 0 Å². The Labute approximate surface area is 241 Å². The second-order valence-corrected chi connectivity index (χ2v) is 10.7. The van der Waals surface area contributed by atoms with Crippen LogP contribution in [0.3, 0.4) is 0 Å². The fourth-order valence-corrected chi connectivity index (χ4v) is 4.75. The van der Waals surface area contributed by atoms with Crippen LogP contribution in [0.4, 0.5) is 27.9 Å². The lowest BCUT2D eigenvalue weighted by atomic mass is 10.0. The molecule has 0 bridgehead atoms. The Morgan fingerprint density at radius 1 is 1.27 bits per heavy atom. The van der Waals surface area contributed by atoms with Gasteiger partial charge < -0.3 is 35.6 Å². The van der Waals surface area contributed by atoms with Gasteiger partial charge in [0.05, 0.1) is 46.4 Å². The van der Waals surface area contributed by atoms with Crippen molar-refractivity contribution in [1.82, 2.24) is 29.8 Å². The smallest absolute Gasteiger partial charge is 0.407 e. The Morgan fingerprint density at radius 3 is 2.76 bits per heavy atom. The van der Waals surface area contributed by atoms with Crippen LogP contribution in [0, 0.1) is 22.7 Å². The molecule has 5 rings (SSSR count). The zero-order valence-electron chi connectivity index (χ0n) is 22.6. The molecule has 2 atom stereocenters. The molecule has 1 aliphatic heterocycles. The molecule has 1 saturated heterocycles. The molecule has 2 aliphatic rings. The monoisotopic (exact) mass is 579 g/mol. The minimum absolute atomic E-state index is 0.161. The van der Waals surface area contributed by atoms with E-state index < -0.39 is 18.2 Å². The number of fused-ring (bicyclic) bond motifs is 1. The van der Waals surface area contributed by atoms with Gasteiger partial charge in [-0.05, 0) is 45.5 Å². The van der Waals surface area contributed by atoms with Gasteiger partial charge in [-0.2, -0.15) is 20.0 Å². The molecule has 3 aromatic rings. The van der Waals surface area contributed by atoms with Gasteiger partial charge in [0, 0.05) is 25.7 Å². The predicted octanol–water partition coefficient (Wildman–Crippen LogP) is 2.07. The number of imidazole rings is 1. The number of nitrogens with zero attached hydrogens (tertiary/aromatic N) is 8. The highest BCUT2D eigenvalue weighted by atomic mass is 35.5. The third-order valence-electron chi connectivity index (χ3n) is 6.82. The van der Waals surface area contributed by atoms with Gasteiger partial charge in [0.2, 0.25) is 5.95 Å². The van der Waals surface area contributed by atoms with Gasteiger partial charge in [0.1, 0.15) is 12.7 Å². The molecule has 2 unspecified atom stereocenters. The van der Waals surface area contributed by atoms with Crippen LogP contribution in [0.5, 0.6) is 0 Å². The maximum atomic E-state index is 12.2. The first-order valence-corrected chi connectivity index (χ1v) is 13.6. The summed E-state index contributed by atoms with van der Waals surface area (Å²) in [5.41, 5.74) is 1.94. The van der Waals surface area contributed by atoms with Crippen LogP contribution in [-0.4, -0.2) is 94.2 Å². The van der Waals surface area contributed by atoms with Gasteiger partial charge >= 0.3 is 6.09 Å². The second kappa shape index (κ2) is 12.0. The Hall–Kier alpha value is -4.37. The lowest BCUT2D eigenvalue weighted by molar-refractivity contribution is 0.0932. The van der Waals surface area contributed by atoms with Crippen LogP contribution in [0.2, 0.25) is 5.02 Å². The van der Waals surface area contributed by atoms with E-state index in [2.05, 4.69) is 43.2 Å². The molecule has 1 aromatic carbocycles. The van der Waals surface area contributed by atoms with E-state index in [0.29, 0.717) is 52.9 Å². The number of aliphatic hydroxyl groups excluding tert-OH is 1. The minimum Gasteiger partial charge on any atom is -0.448 e. The van der Waals surface area contributed by atoms with Gasteiger partial charge in [-0.15, -0.1) is 5.10 Å². The number of anilines is 4. The molecule has 1 aliphatic carbocycles. The third kappa shape index (κ3) is 6.52. The highest BCUT2D eigenvalue weighted by Crippen LogP contribution is 2.37. The summed E-state index contributed by atoms with van der Waals surface area (Å²) in [4.78, 5) is 24.8. The molecule has 214 valence electrons. The number of nitriles is 2. The first kappa shape index (κ1) is 28.2. The molecule has 15 heteroatoms. The number of aromatic nitrogens is 4. The fraction of sp³-hybridized carbons (Fsp3) is 0.462. The van der Waals surface area contributed by atoms with Gasteiger partial charge in [-0.3, -0.25) is 0 Å². The number of carbonyl (C=O) groups is 1. The quantitative estimate of drug-likeness (QED) is 0.290. The highest BCUT2D eigenvalue weighted by Gasteiger charge is 2.31. The maximum Gasteiger partial charge on any atom is 0.407 e. The van der Waals surface area contributed by atoms with Crippen molar-refractivity contribution >= 4 is 46.5 Å². The standard InChI is InChI=1S/C26H30ClN11O3/c1-36(2)7-8-41-26(40)33-18-5-6-37(14-21(18)39)20-10-15(11-28)9-19(22(20)27)32-25-34-23(31-16-3-4-16)24-30-13-17(12-29)38(24)35-25/h9-10,13,16,18,21,39H,3-8,14H2,1-2H3,(H,33,40)(H2,31,32,34,35). The van der Waals surface area contributed by atoms with Crippen molar-refractivity contribution in [2.45, 2.75) is 37.5 Å². The summed E-state index contributed by atoms with van der Waals surface area (Å²) in [6.45, 7) is 1.48. The van der Waals surface area contributed by atoms with Crippen LogP contribution in [-0.2, 0) is 4.74 Å². The number of aliphatic hydroxyl groups is 1. The Balaban J connectivity index is 1.35. The molecule has 0 radical (unpaired) electrons. The number of hydrogen-bond donors (Lipinski definition) is 4. The number of ether oxygens (including phenoxy) is 1. The van der Waals surface area contributed by atoms with Crippen molar-refractivity contribution in [3.05, 3.63) is 34.6 Å². The molecular weight excluding hydrogens is 550 g/mol. The molecule has 2 aromatic heterocycles. The fourth-order valence-electron chi connectivity index (χ4n) is 4.48. The van der Waals surface area contributed by atoms with Crippen molar-refractivity contribution in [1.29, 1.82) is 10.5 Å². The van der Waals surface area contributed by atoms with Gasteiger partial charge in [-0.1, -0.05) is 11.6 Å². The summed E-state index contributed by atoms with van der Waals surface area (Å²) >= 11 is 6.83. The zero-order valence-corrected chi connectivity index (χ0v) is 23.4. The predicted molar refractivity (Wildman–Crippen MR) is 151 cm³/mol. The average molecular weight is 580 g/mol. The lowest BCUT2D eigenvalue weighted by Gasteiger charge is -2.38. The number of hydrogen-bond acceptors (Lipinski definition) is 12. The number of amides is 1. The lowest BCUT2D eigenvalue weighted by Crippen LogP contribution is -2.54. The zero-order chi connectivity index (χ0) is 29.1. The average Bonchev–Trinajstić information content (AvgIpc) is 3.66. The van der Waals surface area contributed by atoms with E-state index >= 15 is 0 Å². The van der Waals surface area contributed by atoms with E-state index in [4.69, 9.17) is 16.3 Å². The van der Waals surface area contributed by atoms with E-state index in [1.54, 1.807) is 12.1 Å². The van der Waals surface area contributed by atoms with E-state index in [1.165, 1.54) is 10.7 Å². The van der Waals surface area contributed by atoms with Crippen LogP contribution < -0.4 is 20.9 Å². The number of piperidine rings is 1. The summed E-state index contributed by atoms with van der Waals surface area (Å²) in [6, 6.07) is 7.24. The molecule has 4 N–H and O–H groups in total. The van der Waals surface area contributed by atoms with E-state index in [-0.39, 0.29) is 30.8 Å². The largest absolute Gasteiger partial charge is 0.448 e. The Bertz CT molecular complexity index is 1530. The van der Waals surface area contributed by atoms with Crippen molar-refractivity contribution in [3.8, 4) is 12.1 Å². The van der Waals surface area contributed by atoms with E-state index in [1.807, 2.05) is 23.9 Å².